The molecule has 0 aliphatic carbocycles. The third kappa shape index (κ3) is 3.30. The van der Waals surface area contributed by atoms with Crippen LogP contribution in [0.25, 0.3) is 0 Å². The van der Waals surface area contributed by atoms with Crippen LogP contribution in [0.5, 0.6) is 0 Å². The molecular formula is C13H25BS. The average Bonchev–Trinajstić information content (AvgIpc) is 2.16. The molecule has 0 aromatic rings. The molecule has 0 amide bonds. The van der Waals surface area contributed by atoms with Gasteiger partial charge in [-0.15, -0.1) is 11.8 Å². The molecule has 0 heterocycles. The lowest BCUT2D eigenvalue weighted by molar-refractivity contribution is 0.214. The van der Waals surface area contributed by atoms with E-state index < -0.39 is 0 Å². The van der Waals surface area contributed by atoms with Gasteiger partial charge in [0.2, 0.25) is 0 Å². The van der Waals surface area contributed by atoms with Crippen LogP contribution in [-0.4, -0.2) is 12.5 Å². The van der Waals surface area contributed by atoms with Crippen molar-refractivity contribution in [2.75, 3.05) is 0 Å². The van der Waals surface area contributed by atoms with Crippen LogP contribution in [0.1, 0.15) is 54.4 Å². The van der Waals surface area contributed by atoms with Crippen molar-refractivity contribution in [3.63, 3.8) is 0 Å². The molecular weight excluding hydrogens is 199 g/mol. The Balaban J connectivity index is 4.91. The van der Waals surface area contributed by atoms with E-state index in [0.29, 0.717) is 5.92 Å². The molecule has 0 aromatic heterocycles. The Morgan fingerprint density at radius 2 is 1.80 bits per heavy atom. The molecule has 0 bridgehead atoms. The molecule has 0 saturated carbocycles. The smallest absolute Gasteiger partial charge is 0.0905 e. The lowest BCUT2D eigenvalue weighted by atomic mass is 9.60. The lowest BCUT2D eigenvalue weighted by Crippen LogP contribution is -2.45. The predicted molar refractivity (Wildman–Crippen MR) is 74.4 cm³/mol. The molecule has 86 valence electrons. The molecule has 2 radical (unpaired) electrons. The second-order valence-electron chi connectivity index (χ2n) is 5.11. The Bertz CT molecular complexity index is 221. The van der Waals surface area contributed by atoms with Gasteiger partial charge in [0.15, 0.2) is 0 Å². The van der Waals surface area contributed by atoms with Crippen LogP contribution in [-0.2, 0) is 0 Å². The Hall–Kier alpha value is 0.155. The van der Waals surface area contributed by atoms with Gasteiger partial charge in [0, 0.05) is 0 Å². The number of hydrogen-bond donors (Lipinski definition) is 0. The summed E-state index contributed by atoms with van der Waals surface area (Å²) in [5.74, 6) is 0.569. The zero-order valence-corrected chi connectivity index (χ0v) is 12.0. The first-order chi connectivity index (χ1) is 6.71. The fraction of sp³-hybridized carbons (Fsp3) is 0.846. The standard InChI is InChI=1S/C13H25BS/c1-8-11(5)15-13(14,9-2)12(6,7)10(3)4/h10H,5,8-9H2,1-4,6-7H3. The topological polar surface area (TPSA) is 0 Å². The highest BCUT2D eigenvalue weighted by atomic mass is 32.2. The van der Waals surface area contributed by atoms with Crippen LogP contribution in [0.4, 0.5) is 0 Å². The van der Waals surface area contributed by atoms with Gasteiger partial charge in [0.1, 0.15) is 0 Å². The summed E-state index contributed by atoms with van der Waals surface area (Å²) in [5, 5.41) is 0. The number of thioether (sulfide) groups is 1. The van der Waals surface area contributed by atoms with Crippen molar-refractivity contribution in [3.05, 3.63) is 11.5 Å². The van der Waals surface area contributed by atoms with Crippen LogP contribution in [0.2, 0.25) is 0 Å². The molecule has 2 heteroatoms. The van der Waals surface area contributed by atoms with Gasteiger partial charge < -0.3 is 0 Å². The maximum atomic E-state index is 6.55. The largest absolute Gasteiger partial charge is 0.134 e. The van der Waals surface area contributed by atoms with E-state index in [4.69, 9.17) is 7.85 Å². The molecule has 1 atom stereocenters. The van der Waals surface area contributed by atoms with Crippen LogP contribution in [0.3, 0.4) is 0 Å². The van der Waals surface area contributed by atoms with Gasteiger partial charge in [-0.2, -0.15) is 0 Å². The highest BCUT2D eigenvalue weighted by Crippen LogP contribution is 2.49. The summed E-state index contributed by atoms with van der Waals surface area (Å²) in [7, 11) is 6.55. The van der Waals surface area contributed by atoms with E-state index in [1.165, 1.54) is 4.91 Å². The molecule has 0 aliphatic rings. The van der Waals surface area contributed by atoms with Crippen LogP contribution in [0, 0.1) is 11.3 Å². The summed E-state index contributed by atoms with van der Waals surface area (Å²) in [6.07, 6.45) is 1.97. The van der Waals surface area contributed by atoms with Crippen molar-refractivity contribution < 1.29 is 0 Å². The SMILES string of the molecule is [B]C(CC)(SC(=C)CC)C(C)(C)C(C)C. The Labute approximate surface area is 102 Å². The summed E-state index contributed by atoms with van der Waals surface area (Å²) in [5.41, 5.74) is 0.116. The molecule has 0 aliphatic heterocycles. The van der Waals surface area contributed by atoms with E-state index >= 15 is 0 Å². The minimum Gasteiger partial charge on any atom is -0.134 e. The maximum absolute atomic E-state index is 6.55. The van der Waals surface area contributed by atoms with Crippen LogP contribution in [0.15, 0.2) is 11.5 Å². The van der Waals surface area contributed by atoms with Crippen molar-refractivity contribution in [2.24, 2.45) is 11.3 Å². The third-order valence-electron chi connectivity index (χ3n) is 3.78. The summed E-state index contributed by atoms with van der Waals surface area (Å²) in [4.78, 5) is 1.19. The summed E-state index contributed by atoms with van der Waals surface area (Å²) < 4.78 is -0.200. The van der Waals surface area contributed by atoms with Gasteiger partial charge >= 0.3 is 0 Å². The molecule has 0 fully saturated rings. The monoisotopic (exact) mass is 224 g/mol. The van der Waals surface area contributed by atoms with Gasteiger partial charge in [0.05, 0.1) is 7.85 Å². The first kappa shape index (κ1) is 15.2. The van der Waals surface area contributed by atoms with Crippen LogP contribution < -0.4 is 0 Å². The zero-order chi connectivity index (χ0) is 12.3. The lowest BCUT2D eigenvalue weighted by Gasteiger charge is -2.47. The van der Waals surface area contributed by atoms with E-state index in [2.05, 4.69) is 48.1 Å². The number of allylic oxidation sites excluding steroid dienone is 1. The van der Waals surface area contributed by atoms with Crippen molar-refractivity contribution in [2.45, 2.75) is 59.0 Å². The minimum absolute atomic E-state index is 0.116. The quantitative estimate of drug-likeness (QED) is 0.594. The summed E-state index contributed by atoms with van der Waals surface area (Å²) >= 11 is 1.77. The predicted octanol–water partition coefficient (Wildman–Crippen LogP) is 4.60. The van der Waals surface area contributed by atoms with E-state index in [9.17, 15) is 0 Å². The minimum atomic E-state index is -0.200. The van der Waals surface area contributed by atoms with Crippen LogP contribution >= 0.6 is 11.8 Å². The van der Waals surface area contributed by atoms with Gasteiger partial charge in [0.25, 0.3) is 0 Å². The zero-order valence-electron chi connectivity index (χ0n) is 11.2. The third-order valence-corrected chi connectivity index (χ3v) is 5.54. The summed E-state index contributed by atoms with van der Waals surface area (Å²) in [6, 6.07) is 0. The average molecular weight is 224 g/mol. The second kappa shape index (κ2) is 5.47. The van der Waals surface area contributed by atoms with Crippen molar-refractivity contribution >= 4 is 19.6 Å². The maximum Gasteiger partial charge on any atom is 0.0905 e. The number of hydrogen-bond acceptors (Lipinski definition) is 1. The van der Waals surface area contributed by atoms with Crippen molar-refractivity contribution in [1.29, 1.82) is 0 Å². The Kier molecular flexibility index (Phi) is 5.53. The second-order valence-corrected chi connectivity index (χ2v) is 6.62. The van der Waals surface area contributed by atoms with Gasteiger partial charge in [-0.3, -0.25) is 0 Å². The molecule has 0 N–H and O–H groups in total. The number of rotatable bonds is 6. The van der Waals surface area contributed by atoms with E-state index in [-0.39, 0.29) is 10.1 Å². The van der Waals surface area contributed by atoms with E-state index in [1.54, 1.807) is 11.8 Å². The van der Waals surface area contributed by atoms with E-state index in [0.717, 1.165) is 12.8 Å². The molecule has 0 nitrogen and oxygen atoms in total. The molecule has 15 heavy (non-hydrogen) atoms. The van der Waals surface area contributed by atoms with E-state index in [1.807, 2.05) is 0 Å². The van der Waals surface area contributed by atoms with Gasteiger partial charge in [-0.1, -0.05) is 48.1 Å². The van der Waals surface area contributed by atoms with Gasteiger partial charge in [-0.05, 0) is 33.7 Å². The summed E-state index contributed by atoms with van der Waals surface area (Å²) in [6.45, 7) is 17.4. The molecule has 0 spiro atoms. The molecule has 0 aromatic carbocycles. The first-order valence-electron chi connectivity index (χ1n) is 5.87. The van der Waals surface area contributed by atoms with Crippen molar-refractivity contribution in [3.8, 4) is 0 Å². The normalized spacial score (nSPS) is 16.5. The fourth-order valence-corrected chi connectivity index (χ4v) is 2.78. The Morgan fingerprint density at radius 1 is 1.33 bits per heavy atom. The highest BCUT2D eigenvalue weighted by molar-refractivity contribution is 8.05. The molecule has 0 saturated heterocycles. The van der Waals surface area contributed by atoms with Crippen molar-refractivity contribution in [1.82, 2.24) is 0 Å². The molecule has 0 rings (SSSR count). The highest BCUT2D eigenvalue weighted by Gasteiger charge is 2.41. The fourth-order valence-electron chi connectivity index (χ4n) is 1.48. The first-order valence-corrected chi connectivity index (χ1v) is 6.68. The molecule has 1 unspecified atom stereocenters. The van der Waals surface area contributed by atoms with Gasteiger partial charge in [-0.25, -0.2) is 0 Å². The Morgan fingerprint density at radius 3 is 2.07 bits per heavy atom.